The maximum absolute atomic E-state index is 12.2. The van der Waals surface area contributed by atoms with Gasteiger partial charge in [-0.05, 0) is 12.5 Å². The van der Waals surface area contributed by atoms with Gasteiger partial charge in [0, 0.05) is 25.2 Å². The van der Waals surface area contributed by atoms with Crippen molar-refractivity contribution in [1.82, 2.24) is 4.90 Å². The Morgan fingerprint density at radius 1 is 1.45 bits per heavy atom. The fourth-order valence-electron chi connectivity index (χ4n) is 2.11. The average molecular weight is 299 g/mol. The quantitative estimate of drug-likeness (QED) is 0.677. The van der Waals surface area contributed by atoms with Gasteiger partial charge in [0.1, 0.15) is 0 Å². The first kappa shape index (κ1) is 14.3. The normalized spacial score (nSPS) is 18.1. The molecule has 0 aliphatic carbocycles. The Morgan fingerprint density at radius 3 is 2.65 bits per heavy atom. The maximum Gasteiger partial charge on any atom is 0.308 e. The minimum Gasteiger partial charge on any atom is -0.481 e. The van der Waals surface area contributed by atoms with Crippen LogP contribution in [0.25, 0.3) is 0 Å². The van der Waals surface area contributed by atoms with Crippen molar-refractivity contribution >= 4 is 29.2 Å². The molecule has 7 nitrogen and oxygen atoms in total. The van der Waals surface area contributed by atoms with E-state index in [1.807, 2.05) is 0 Å². The van der Waals surface area contributed by atoms with E-state index in [9.17, 15) is 19.7 Å². The van der Waals surface area contributed by atoms with Crippen LogP contribution in [0.3, 0.4) is 0 Å². The molecule has 1 aliphatic rings. The Labute approximate surface area is 118 Å². The minimum absolute atomic E-state index is 0.0111. The van der Waals surface area contributed by atoms with Gasteiger partial charge in [-0.2, -0.15) is 0 Å². The predicted molar refractivity (Wildman–Crippen MR) is 69.8 cm³/mol. The number of non-ortho nitro benzene ring substituents is 1. The number of nitro groups is 1. The lowest BCUT2D eigenvalue weighted by Gasteiger charge is -2.16. The summed E-state index contributed by atoms with van der Waals surface area (Å²) in [6.07, 6.45) is 0.395. The monoisotopic (exact) mass is 298 g/mol. The number of carbonyl (C=O) groups excluding carboxylic acids is 1. The Hall–Kier alpha value is -2.15. The molecule has 2 rings (SSSR count). The molecule has 1 aliphatic heterocycles. The van der Waals surface area contributed by atoms with Gasteiger partial charge in [-0.25, -0.2) is 0 Å². The van der Waals surface area contributed by atoms with Crippen molar-refractivity contribution in [2.75, 3.05) is 13.1 Å². The summed E-state index contributed by atoms with van der Waals surface area (Å²) < 4.78 is 0. The van der Waals surface area contributed by atoms with Gasteiger partial charge in [-0.1, -0.05) is 11.6 Å². The van der Waals surface area contributed by atoms with Crippen LogP contribution in [-0.2, 0) is 4.79 Å². The Morgan fingerprint density at radius 2 is 2.15 bits per heavy atom. The second-order valence-corrected chi connectivity index (χ2v) is 4.90. The molecule has 0 aromatic heterocycles. The molecule has 1 aromatic carbocycles. The molecular weight excluding hydrogens is 288 g/mol. The van der Waals surface area contributed by atoms with Crippen LogP contribution in [0.5, 0.6) is 0 Å². The third kappa shape index (κ3) is 2.72. The number of aliphatic carboxylic acids is 1. The molecule has 8 heteroatoms. The molecule has 1 fully saturated rings. The molecule has 1 amide bonds. The van der Waals surface area contributed by atoms with Crippen LogP contribution >= 0.6 is 11.6 Å². The van der Waals surface area contributed by atoms with Crippen LogP contribution in [0.2, 0.25) is 5.02 Å². The summed E-state index contributed by atoms with van der Waals surface area (Å²) in [5, 5.41) is 19.5. The summed E-state index contributed by atoms with van der Waals surface area (Å²) in [5.41, 5.74) is -0.0558. The predicted octanol–water partition coefficient (Wildman–Crippen LogP) is 1.79. The van der Waals surface area contributed by atoms with Crippen LogP contribution in [0.1, 0.15) is 16.8 Å². The second kappa shape index (κ2) is 5.46. The van der Waals surface area contributed by atoms with Gasteiger partial charge in [0.2, 0.25) is 0 Å². The van der Waals surface area contributed by atoms with Gasteiger partial charge in [0.15, 0.2) is 0 Å². The van der Waals surface area contributed by atoms with Crippen molar-refractivity contribution < 1.29 is 19.6 Å². The smallest absolute Gasteiger partial charge is 0.308 e. The lowest BCUT2D eigenvalue weighted by Crippen LogP contribution is -2.30. The summed E-state index contributed by atoms with van der Waals surface area (Å²) in [5.74, 6) is -1.92. The third-order valence-corrected chi connectivity index (χ3v) is 3.53. The van der Waals surface area contributed by atoms with Crippen LogP contribution in [-0.4, -0.2) is 39.9 Å². The third-order valence-electron chi connectivity index (χ3n) is 3.22. The molecule has 0 spiro atoms. The summed E-state index contributed by atoms with van der Waals surface area (Å²) in [6.45, 7) is 0.463. The highest BCUT2D eigenvalue weighted by Gasteiger charge is 2.32. The standard InChI is InChI=1S/C12H11ClN2O5/c13-10-5-8(15(19)20)1-2-9(10)11(16)14-4-3-7(6-14)12(17)18/h1-2,5,7H,3-4,6H2,(H,17,18). The fourth-order valence-corrected chi connectivity index (χ4v) is 2.36. The second-order valence-electron chi connectivity index (χ2n) is 4.50. The van der Waals surface area contributed by atoms with Crippen LogP contribution in [0.4, 0.5) is 5.69 Å². The molecule has 20 heavy (non-hydrogen) atoms. The van der Waals surface area contributed by atoms with E-state index in [-0.39, 0.29) is 22.8 Å². The van der Waals surface area contributed by atoms with E-state index in [0.717, 1.165) is 6.07 Å². The maximum atomic E-state index is 12.2. The lowest BCUT2D eigenvalue weighted by atomic mass is 10.1. The van der Waals surface area contributed by atoms with E-state index in [1.54, 1.807) is 0 Å². The van der Waals surface area contributed by atoms with Crippen molar-refractivity contribution in [1.29, 1.82) is 0 Å². The number of nitrogens with zero attached hydrogens (tertiary/aromatic N) is 2. The molecule has 106 valence electrons. The largest absolute Gasteiger partial charge is 0.481 e. The van der Waals surface area contributed by atoms with Crippen LogP contribution in [0.15, 0.2) is 18.2 Å². The molecule has 1 aromatic rings. The summed E-state index contributed by atoms with van der Waals surface area (Å²) in [7, 11) is 0. The molecule has 1 atom stereocenters. The first-order valence-electron chi connectivity index (χ1n) is 5.86. The SMILES string of the molecule is O=C(O)C1CCN(C(=O)c2ccc([N+](=O)[O-])cc2Cl)C1. The zero-order chi connectivity index (χ0) is 14.9. The van der Waals surface area contributed by atoms with E-state index in [4.69, 9.17) is 16.7 Å². The van der Waals surface area contributed by atoms with Gasteiger partial charge in [-0.3, -0.25) is 19.7 Å². The number of carboxylic acids is 1. The van der Waals surface area contributed by atoms with Crippen molar-refractivity contribution in [3.8, 4) is 0 Å². The van der Waals surface area contributed by atoms with E-state index < -0.39 is 22.7 Å². The molecule has 0 radical (unpaired) electrons. The molecule has 1 heterocycles. The zero-order valence-electron chi connectivity index (χ0n) is 10.3. The molecule has 1 unspecified atom stereocenters. The van der Waals surface area contributed by atoms with Gasteiger partial charge < -0.3 is 10.0 Å². The molecular formula is C12H11ClN2O5. The Bertz CT molecular complexity index is 589. The first-order chi connectivity index (χ1) is 9.40. The highest BCUT2D eigenvalue weighted by atomic mass is 35.5. The van der Waals surface area contributed by atoms with Crippen LogP contribution < -0.4 is 0 Å². The van der Waals surface area contributed by atoms with Crippen molar-refractivity contribution in [3.05, 3.63) is 38.9 Å². The average Bonchev–Trinajstić information content (AvgIpc) is 2.87. The number of amides is 1. The van der Waals surface area contributed by atoms with Gasteiger partial charge >= 0.3 is 5.97 Å². The van der Waals surface area contributed by atoms with Gasteiger partial charge in [0.05, 0.1) is 21.4 Å². The molecule has 1 saturated heterocycles. The van der Waals surface area contributed by atoms with E-state index in [0.29, 0.717) is 13.0 Å². The molecule has 0 saturated carbocycles. The number of benzene rings is 1. The highest BCUT2D eigenvalue weighted by Crippen LogP contribution is 2.26. The van der Waals surface area contributed by atoms with Crippen LogP contribution in [0, 0.1) is 16.0 Å². The number of carbonyl (C=O) groups is 2. The first-order valence-corrected chi connectivity index (χ1v) is 6.24. The lowest BCUT2D eigenvalue weighted by molar-refractivity contribution is -0.384. The topological polar surface area (TPSA) is 101 Å². The van der Waals surface area contributed by atoms with Crippen molar-refractivity contribution in [2.45, 2.75) is 6.42 Å². The van der Waals surface area contributed by atoms with E-state index in [1.165, 1.54) is 17.0 Å². The van der Waals surface area contributed by atoms with Gasteiger partial charge in [0.25, 0.3) is 11.6 Å². The number of rotatable bonds is 3. The highest BCUT2D eigenvalue weighted by molar-refractivity contribution is 6.34. The zero-order valence-corrected chi connectivity index (χ0v) is 11.0. The van der Waals surface area contributed by atoms with Gasteiger partial charge in [-0.15, -0.1) is 0 Å². The number of hydrogen-bond donors (Lipinski definition) is 1. The van der Waals surface area contributed by atoms with Crippen molar-refractivity contribution in [2.24, 2.45) is 5.92 Å². The molecule has 1 N–H and O–H groups in total. The minimum atomic E-state index is -0.935. The van der Waals surface area contributed by atoms with E-state index in [2.05, 4.69) is 0 Å². The number of carboxylic acid groups (broad SMARTS) is 1. The van der Waals surface area contributed by atoms with Crippen molar-refractivity contribution in [3.63, 3.8) is 0 Å². The Balaban J connectivity index is 2.18. The molecule has 0 bridgehead atoms. The number of halogens is 1. The number of nitro benzene ring substituents is 1. The Kier molecular flexibility index (Phi) is 3.89. The summed E-state index contributed by atoms with van der Waals surface area (Å²) >= 11 is 5.88. The summed E-state index contributed by atoms with van der Waals surface area (Å²) in [4.78, 5) is 34.4. The summed E-state index contributed by atoms with van der Waals surface area (Å²) in [6, 6.07) is 3.60. The van der Waals surface area contributed by atoms with E-state index >= 15 is 0 Å². The fraction of sp³-hybridized carbons (Fsp3) is 0.333. The number of hydrogen-bond acceptors (Lipinski definition) is 4. The number of likely N-dealkylation sites (tertiary alicyclic amines) is 1.